The molecule has 0 atom stereocenters. The first-order valence-electron chi connectivity index (χ1n) is 9.51. The Morgan fingerprint density at radius 2 is 1.39 bits per heavy atom. The summed E-state index contributed by atoms with van der Waals surface area (Å²) in [6.45, 7) is 0. The van der Waals surface area contributed by atoms with Crippen LogP contribution in [-0.4, -0.2) is 41.7 Å². The molecule has 0 amide bonds. The molecule has 4 rings (SSSR count). The Kier molecular flexibility index (Phi) is 5.84. The number of hydrogen-bond donors (Lipinski definition) is 0. The minimum Gasteiger partial charge on any atom is -0.282 e. The van der Waals surface area contributed by atoms with Crippen molar-refractivity contribution in [2.24, 2.45) is 0 Å². The van der Waals surface area contributed by atoms with Gasteiger partial charge in [-0.2, -0.15) is 48.9 Å². The number of carbonyl (C=O) groups excluding carboxylic acids is 1. The third-order valence-electron chi connectivity index (χ3n) is 4.67. The maximum atomic E-state index is 13.2. The summed E-state index contributed by atoms with van der Waals surface area (Å²) in [6.07, 6.45) is -15.0. The predicted molar refractivity (Wildman–Crippen MR) is 102 cm³/mol. The van der Waals surface area contributed by atoms with E-state index in [0.717, 1.165) is 4.68 Å². The van der Waals surface area contributed by atoms with E-state index in [1.807, 2.05) is 0 Å². The lowest BCUT2D eigenvalue weighted by Crippen LogP contribution is -2.25. The van der Waals surface area contributed by atoms with E-state index in [2.05, 4.69) is 20.4 Å². The number of ketones is 1. The molecule has 0 spiro atoms. The summed E-state index contributed by atoms with van der Waals surface area (Å²) < 4.78 is 120. The smallest absolute Gasteiger partial charge is 0.282 e. The Hall–Kier alpha value is -4.24. The zero-order chi connectivity index (χ0) is 26.5. The summed E-state index contributed by atoms with van der Waals surface area (Å²) in [7, 11) is 0. The molecule has 2 heterocycles. The van der Waals surface area contributed by atoms with E-state index in [4.69, 9.17) is 0 Å². The van der Waals surface area contributed by atoms with Crippen molar-refractivity contribution in [3.63, 3.8) is 0 Å². The molecule has 0 aliphatic carbocycles. The van der Waals surface area contributed by atoms with E-state index in [1.54, 1.807) is 6.07 Å². The van der Waals surface area contributed by atoms with Crippen molar-refractivity contribution in [2.75, 3.05) is 0 Å². The number of benzene rings is 2. The van der Waals surface area contributed by atoms with Gasteiger partial charge in [0.15, 0.2) is 17.3 Å². The number of para-hydroxylation sites is 1. The van der Waals surface area contributed by atoms with Gasteiger partial charge in [0, 0.05) is 5.56 Å². The molecule has 0 N–H and O–H groups in total. The Morgan fingerprint density at radius 1 is 0.806 bits per heavy atom. The monoisotopic (exact) mass is 520 g/mol. The molecule has 188 valence electrons. The van der Waals surface area contributed by atoms with Crippen LogP contribution in [0.5, 0.6) is 0 Å². The second-order valence-electron chi connectivity index (χ2n) is 7.14. The number of nitrogens with zero attached hydrogens (tertiary/aromatic N) is 6. The van der Waals surface area contributed by atoms with Crippen LogP contribution in [0.2, 0.25) is 0 Å². The largest absolute Gasteiger partial charge is 0.456 e. The van der Waals surface area contributed by atoms with Crippen molar-refractivity contribution < 1.29 is 44.3 Å². The third kappa shape index (κ3) is 4.78. The van der Waals surface area contributed by atoms with Crippen LogP contribution in [0.4, 0.5) is 39.5 Å². The van der Waals surface area contributed by atoms with Gasteiger partial charge in [0.2, 0.25) is 0 Å². The summed E-state index contributed by atoms with van der Waals surface area (Å²) in [5.74, 6) is -3.79. The van der Waals surface area contributed by atoms with Crippen LogP contribution in [0.3, 0.4) is 0 Å². The van der Waals surface area contributed by atoms with Crippen molar-refractivity contribution in [1.82, 2.24) is 29.8 Å². The van der Waals surface area contributed by atoms with Gasteiger partial charge in [0.1, 0.15) is 6.33 Å². The van der Waals surface area contributed by atoms with Crippen LogP contribution in [0.25, 0.3) is 22.9 Å². The Balaban J connectivity index is 1.90. The van der Waals surface area contributed by atoms with E-state index in [1.165, 1.54) is 24.3 Å². The Labute approximate surface area is 193 Å². The predicted octanol–water partition coefficient (Wildman–Crippen LogP) is 5.30. The van der Waals surface area contributed by atoms with Crippen LogP contribution in [0.15, 0.2) is 54.9 Å². The van der Waals surface area contributed by atoms with Gasteiger partial charge in [0.05, 0.1) is 16.8 Å². The first-order chi connectivity index (χ1) is 16.7. The summed E-state index contributed by atoms with van der Waals surface area (Å²) in [6, 6.07) is 7.92. The molecule has 4 aromatic rings. The number of aromatic nitrogens is 6. The van der Waals surface area contributed by atoms with Crippen molar-refractivity contribution in [2.45, 2.75) is 18.5 Å². The number of alkyl halides is 9. The summed E-state index contributed by atoms with van der Waals surface area (Å²) in [5, 5.41) is 10.5. The second kappa shape index (κ2) is 8.46. The highest BCUT2D eigenvalue weighted by Gasteiger charge is 2.44. The van der Waals surface area contributed by atoms with Gasteiger partial charge in [0.25, 0.3) is 5.78 Å². The van der Waals surface area contributed by atoms with E-state index in [0.29, 0.717) is 23.1 Å². The van der Waals surface area contributed by atoms with E-state index in [-0.39, 0.29) is 11.8 Å². The molecule has 2 aromatic heterocycles. The average molecular weight is 520 g/mol. The van der Waals surface area contributed by atoms with Gasteiger partial charge in [-0.15, -0.1) is 10.2 Å². The van der Waals surface area contributed by atoms with Gasteiger partial charge < -0.3 is 0 Å². The molecular formula is C20H9F9N6O. The molecule has 0 aliphatic heterocycles. The first-order valence-corrected chi connectivity index (χ1v) is 9.51. The maximum Gasteiger partial charge on any atom is 0.456 e. The van der Waals surface area contributed by atoms with Gasteiger partial charge in [-0.1, -0.05) is 23.4 Å². The number of Topliss-reactive ketones (excluding diaryl/α,β-unsaturated/α-hetero) is 1. The molecular weight excluding hydrogens is 511 g/mol. The highest BCUT2D eigenvalue weighted by atomic mass is 19.4. The normalized spacial score (nSPS) is 12.7. The SMILES string of the molecule is O=C(c1nnn(-c2ccccc2)c1-n1cnc(-c2cc(C(F)(F)F)cc(C(F)(F)F)c2)n1)C(F)(F)F. The average Bonchev–Trinajstić information content (AvgIpc) is 3.44. The molecule has 0 saturated carbocycles. The van der Waals surface area contributed by atoms with E-state index < -0.39 is 58.3 Å². The Morgan fingerprint density at radius 3 is 1.92 bits per heavy atom. The van der Waals surface area contributed by atoms with Gasteiger partial charge >= 0.3 is 18.5 Å². The number of hydrogen-bond acceptors (Lipinski definition) is 5. The molecule has 2 aromatic carbocycles. The fraction of sp³-hybridized carbons (Fsp3) is 0.150. The zero-order valence-electron chi connectivity index (χ0n) is 17.2. The molecule has 0 bridgehead atoms. The molecule has 7 nitrogen and oxygen atoms in total. The summed E-state index contributed by atoms with van der Waals surface area (Å²) in [4.78, 5) is 15.6. The van der Waals surface area contributed by atoms with Gasteiger partial charge in [-0.3, -0.25) is 4.79 Å². The van der Waals surface area contributed by atoms with Crippen LogP contribution >= 0.6 is 0 Å². The highest BCUT2D eigenvalue weighted by Crippen LogP contribution is 2.38. The van der Waals surface area contributed by atoms with Crippen LogP contribution in [0, 0.1) is 0 Å². The molecule has 0 unspecified atom stereocenters. The lowest BCUT2D eigenvalue weighted by molar-refractivity contribution is -0.143. The van der Waals surface area contributed by atoms with Crippen LogP contribution in [-0.2, 0) is 12.4 Å². The molecule has 36 heavy (non-hydrogen) atoms. The topological polar surface area (TPSA) is 78.5 Å². The molecule has 16 heteroatoms. The van der Waals surface area contributed by atoms with Crippen molar-refractivity contribution >= 4 is 5.78 Å². The highest BCUT2D eigenvalue weighted by molar-refractivity contribution is 6.01. The van der Waals surface area contributed by atoms with Crippen LogP contribution < -0.4 is 0 Å². The second-order valence-corrected chi connectivity index (χ2v) is 7.14. The fourth-order valence-electron chi connectivity index (χ4n) is 3.09. The lowest BCUT2D eigenvalue weighted by atomic mass is 10.0. The zero-order valence-corrected chi connectivity index (χ0v) is 17.2. The number of carbonyl (C=O) groups is 1. The molecule has 0 aliphatic rings. The number of rotatable bonds is 4. The van der Waals surface area contributed by atoms with Crippen LogP contribution in [0.1, 0.15) is 21.6 Å². The van der Waals surface area contributed by atoms with Crippen molar-refractivity contribution in [3.8, 4) is 22.9 Å². The maximum absolute atomic E-state index is 13.2. The third-order valence-corrected chi connectivity index (χ3v) is 4.67. The number of halogens is 9. The quantitative estimate of drug-likeness (QED) is 0.270. The van der Waals surface area contributed by atoms with E-state index in [9.17, 15) is 44.3 Å². The standard InChI is InChI=1S/C20H9F9N6O/c21-18(22,23)11-6-10(7-12(8-11)19(24,25)26)16-30-9-34(32-16)17-14(15(36)20(27,28)29)31-33-35(17)13-4-2-1-3-5-13/h1-9H. The molecule has 0 fully saturated rings. The molecule has 0 radical (unpaired) electrons. The minimum atomic E-state index is -5.38. The van der Waals surface area contributed by atoms with Gasteiger partial charge in [-0.25, -0.2) is 4.98 Å². The Bertz CT molecular complexity index is 1390. The minimum absolute atomic E-state index is 0.102. The first kappa shape index (κ1) is 24.9. The summed E-state index contributed by atoms with van der Waals surface area (Å²) in [5.41, 5.74) is -5.11. The van der Waals surface area contributed by atoms with Gasteiger partial charge in [-0.05, 0) is 30.3 Å². The fourth-order valence-corrected chi connectivity index (χ4v) is 3.09. The van der Waals surface area contributed by atoms with Crippen molar-refractivity contribution in [3.05, 3.63) is 71.7 Å². The van der Waals surface area contributed by atoms with E-state index >= 15 is 0 Å². The lowest BCUT2D eigenvalue weighted by Gasteiger charge is -2.13. The van der Waals surface area contributed by atoms with Crippen molar-refractivity contribution in [1.29, 1.82) is 0 Å². The summed E-state index contributed by atoms with van der Waals surface area (Å²) >= 11 is 0. The molecule has 0 saturated heterocycles.